The van der Waals surface area contributed by atoms with Crippen molar-refractivity contribution in [1.29, 1.82) is 0 Å². The lowest BCUT2D eigenvalue weighted by Gasteiger charge is -2.20. The first-order valence-electron chi connectivity index (χ1n) is 6.30. The molecule has 0 radical (unpaired) electrons. The summed E-state index contributed by atoms with van der Waals surface area (Å²) in [5.74, 6) is -1.20. The fourth-order valence-corrected chi connectivity index (χ4v) is 3.01. The molecule has 1 N–H and O–H groups in total. The minimum atomic E-state index is -0.933. The van der Waals surface area contributed by atoms with E-state index in [-0.39, 0.29) is 11.3 Å². The van der Waals surface area contributed by atoms with Gasteiger partial charge in [0.15, 0.2) is 0 Å². The third kappa shape index (κ3) is 2.78. The molecule has 1 saturated heterocycles. The molecule has 1 aliphatic rings. The minimum absolute atomic E-state index is 0.0968. The van der Waals surface area contributed by atoms with E-state index in [4.69, 9.17) is 5.11 Å². The highest BCUT2D eigenvalue weighted by Crippen LogP contribution is 2.27. The van der Waals surface area contributed by atoms with Gasteiger partial charge in [-0.1, -0.05) is 20.8 Å². The summed E-state index contributed by atoms with van der Waals surface area (Å²) < 4.78 is 0. The second-order valence-electron chi connectivity index (χ2n) is 5.78. The first kappa shape index (κ1) is 14.0. The number of thiazole rings is 1. The van der Waals surface area contributed by atoms with Crippen LogP contribution >= 0.6 is 11.3 Å². The number of aromatic nitrogens is 1. The number of aliphatic carboxylic acids is 1. The van der Waals surface area contributed by atoms with Gasteiger partial charge in [0.25, 0.3) is 5.91 Å². The maximum absolute atomic E-state index is 12.3. The number of carbonyl (C=O) groups excluding carboxylic acids is 1. The molecule has 19 heavy (non-hydrogen) atoms. The summed E-state index contributed by atoms with van der Waals surface area (Å²) in [6.45, 7) is 6.61. The summed E-state index contributed by atoms with van der Waals surface area (Å²) in [7, 11) is 0. The van der Waals surface area contributed by atoms with Crippen LogP contribution in [0, 0.1) is 0 Å². The fraction of sp³-hybridized carbons (Fsp3) is 0.615. The lowest BCUT2D eigenvalue weighted by atomic mass is 9.98. The molecule has 0 spiro atoms. The zero-order chi connectivity index (χ0) is 14.2. The van der Waals surface area contributed by atoms with Gasteiger partial charge in [0.2, 0.25) is 0 Å². The molecule has 2 rings (SSSR count). The number of hydrogen-bond acceptors (Lipinski definition) is 4. The van der Waals surface area contributed by atoms with Crippen LogP contribution < -0.4 is 0 Å². The zero-order valence-corrected chi connectivity index (χ0v) is 12.2. The standard InChI is InChI=1S/C13H18N2O3S/c1-13(2,3)12-14-8(7-19-12)10(16)15-6-4-5-9(15)11(17)18/h7,9H,4-6H2,1-3H3,(H,17,18)/t9-/m0/s1. The van der Waals surface area contributed by atoms with Gasteiger partial charge in [-0.25, -0.2) is 9.78 Å². The van der Waals surface area contributed by atoms with E-state index in [1.807, 2.05) is 20.8 Å². The molecule has 6 heteroatoms. The van der Waals surface area contributed by atoms with Gasteiger partial charge in [-0.05, 0) is 12.8 Å². The molecule has 5 nitrogen and oxygen atoms in total. The van der Waals surface area contributed by atoms with Crippen LogP contribution in [0.3, 0.4) is 0 Å². The molecule has 0 bridgehead atoms. The highest BCUT2D eigenvalue weighted by atomic mass is 32.1. The molecule has 1 aromatic heterocycles. The van der Waals surface area contributed by atoms with Crippen LogP contribution in [0.1, 0.15) is 49.1 Å². The molecule has 1 fully saturated rings. The maximum Gasteiger partial charge on any atom is 0.326 e. The Bertz CT molecular complexity index is 504. The van der Waals surface area contributed by atoms with E-state index in [9.17, 15) is 9.59 Å². The van der Waals surface area contributed by atoms with Crippen molar-refractivity contribution in [2.24, 2.45) is 0 Å². The molecule has 1 aliphatic heterocycles. The topological polar surface area (TPSA) is 70.5 Å². The Morgan fingerprint density at radius 2 is 2.16 bits per heavy atom. The number of nitrogens with zero attached hydrogens (tertiary/aromatic N) is 2. The number of carboxylic acids is 1. The lowest BCUT2D eigenvalue weighted by molar-refractivity contribution is -0.141. The number of carboxylic acid groups (broad SMARTS) is 1. The van der Waals surface area contributed by atoms with Crippen LogP contribution in [0.4, 0.5) is 0 Å². The molecule has 1 amide bonds. The smallest absolute Gasteiger partial charge is 0.326 e. The molecular weight excluding hydrogens is 264 g/mol. The second-order valence-corrected chi connectivity index (χ2v) is 6.64. The monoisotopic (exact) mass is 282 g/mol. The van der Waals surface area contributed by atoms with E-state index in [2.05, 4.69) is 4.98 Å². The van der Waals surface area contributed by atoms with Crippen molar-refractivity contribution in [1.82, 2.24) is 9.88 Å². The summed E-state index contributed by atoms with van der Waals surface area (Å²) in [5.41, 5.74) is 0.267. The van der Waals surface area contributed by atoms with E-state index >= 15 is 0 Å². The van der Waals surface area contributed by atoms with Gasteiger partial charge < -0.3 is 10.0 Å². The molecule has 0 aliphatic carbocycles. The maximum atomic E-state index is 12.3. The first-order valence-corrected chi connectivity index (χ1v) is 7.18. The molecular formula is C13H18N2O3S. The molecule has 2 heterocycles. The van der Waals surface area contributed by atoms with Crippen LogP contribution in [0.5, 0.6) is 0 Å². The van der Waals surface area contributed by atoms with Crippen LogP contribution in [0.2, 0.25) is 0 Å². The van der Waals surface area contributed by atoms with E-state index in [1.165, 1.54) is 16.2 Å². The van der Waals surface area contributed by atoms with Gasteiger partial charge in [0, 0.05) is 17.3 Å². The molecule has 104 valence electrons. The summed E-state index contributed by atoms with van der Waals surface area (Å²) >= 11 is 1.45. The second kappa shape index (κ2) is 4.92. The summed E-state index contributed by atoms with van der Waals surface area (Å²) in [6.07, 6.45) is 1.26. The van der Waals surface area contributed by atoms with E-state index < -0.39 is 12.0 Å². The van der Waals surface area contributed by atoms with Crippen molar-refractivity contribution >= 4 is 23.2 Å². The van der Waals surface area contributed by atoms with E-state index in [1.54, 1.807) is 5.38 Å². The van der Waals surface area contributed by atoms with Gasteiger partial charge in [-0.2, -0.15) is 0 Å². The van der Waals surface area contributed by atoms with Gasteiger partial charge >= 0.3 is 5.97 Å². The predicted molar refractivity (Wildman–Crippen MR) is 72.5 cm³/mol. The van der Waals surface area contributed by atoms with Crippen LogP contribution in [-0.2, 0) is 10.2 Å². The summed E-state index contributed by atoms with van der Waals surface area (Å²) in [4.78, 5) is 29.2. The summed E-state index contributed by atoms with van der Waals surface area (Å²) in [5, 5.41) is 11.7. The van der Waals surface area contributed by atoms with E-state index in [0.717, 1.165) is 11.4 Å². The highest BCUT2D eigenvalue weighted by Gasteiger charge is 2.35. The van der Waals surface area contributed by atoms with Crippen LogP contribution in [0.25, 0.3) is 0 Å². The number of rotatable bonds is 2. The van der Waals surface area contributed by atoms with Crippen molar-refractivity contribution < 1.29 is 14.7 Å². The fourth-order valence-electron chi connectivity index (χ4n) is 2.13. The molecule has 0 aromatic carbocycles. The SMILES string of the molecule is CC(C)(C)c1nc(C(=O)N2CCC[C@H]2C(=O)O)cs1. The Kier molecular flexibility index (Phi) is 3.62. The van der Waals surface area contributed by atoms with Crippen molar-refractivity contribution in [2.75, 3.05) is 6.54 Å². The number of carbonyl (C=O) groups is 2. The Balaban J connectivity index is 2.20. The number of hydrogen-bond donors (Lipinski definition) is 1. The number of amides is 1. The minimum Gasteiger partial charge on any atom is -0.480 e. The zero-order valence-electron chi connectivity index (χ0n) is 11.3. The van der Waals surface area contributed by atoms with Gasteiger partial charge in [0.05, 0.1) is 5.01 Å². The van der Waals surface area contributed by atoms with Crippen molar-refractivity contribution in [3.63, 3.8) is 0 Å². The molecule has 0 unspecified atom stereocenters. The first-order chi connectivity index (χ1) is 8.80. The predicted octanol–water partition coefficient (Wildman–Crippen LogP) is 2.13. The Hall–Kier alpha value is -1.43. The number of likely N-dealkylation sites (tertiary alicyclic amines) is 1. The largest absolute Gasteiger partial charge is 0.480 e. The van der Waals surface area contributed by atoms with Crippen LogP contribution in [-0.4, -0.2) is 39.5 Å². The Labute approximate surface area is 116 Å². The quantitative estimate of drug-likeness (QED) is 0.902. The highest BCUT2D eigenvalue weighted by molar-refractivity contribution is 7.10. The van der Waals surface area contributed by atoms with Crippen LogP contribution in [0.15, 0.2) is 5.38 Å². The van der Waals surface area contributed by atoms with Gasteiger partial charge in [0.1, 0.15) is 11.7 Å². The third-order valence-corrected chi connectivity index (χ3v) is 4.43. The molecule has 0 saturated carbocycles. The molecule has 1 atom stereocenters. The van der Waals surface area contributed by atoms with Gasteiger partial charge in [-0.15, -0.1) is 11.3 Å². The average molecular weight is 282 g/mol. The Morgan fingerprint density at radius 3 is 2.68 bits per heavy atom. The van der Waals surface area contributed by atoms with Gasteiger partial charge in [-0.3, -0.25) is 4.79 Å². The Morgan fingerprint density at radius 1 is 1.47 bits per heavy atom. The summed E-state index contributed by atoms with van der Waals surface area (Å²) in [6, 6.07) is -0.702. The van der Waals surface area contributed by atoms with Crippen molar-refractivity contribution in [3.8, 4) is 0 Å². The van der Waals surface area contributed by atoms with E-state index in [0.29, 0.717) is 18.7 Å². The molecule has 1 aromatic rings. The third-order valence-electron chi connectivity index (χ3n) is 3.16. The van der Waals surface area contributed by atoms with Crippen molar-refractivity contribution in [3.05, 3.63) is 16.1 Å². The van der Waals surface area contributed by atoms with Crippen molar-refractivity contribution in [2.45, 2.75) is 45.1 Å². The average Bonchev–Trinajstić information content (AvgIpc) is 2.96. The lowest BCUT2D eigenvalue weighted by Crippen LogP contribution is -2.40. The normalized spacial score (nSPS) is 19.7.